The van der Waals surface area contributed by atoms with Crippen LogP contribution in [0.1, 0.15) is 10.5 Å². The van der Waals surface area contributed by atoms with Gasteiger partial charge < -0.3 is 0 Å². The van der Waals surface area contributed by atoms with Gasteiger partial charge in [-0.1, -0.05) is 6.58 Å². The number of carbonyl (C=O) groups excluding carboxylic acids is 1. The van der Waals surface area contributed by atoms with Crippen LogP contribution in [-0.4, -0.2) is 15.6 Å². The molecule has 0 radical (unpaired) electrons. The van der Waals surface area contributed by atoms with Crippen molar-refractivity contribution in [2.45, 2.75) is 0 Å². The maximum atomic E-state index is 11.0. The number of nitrogens with zero attached hydrogens (tertiary/aromatic N) is 2. The number of halogens is 1. The van der Waals surface area contributed by atoms with Gasteiger partial charge in [0.25, 0.3) is 0 Å². The van der Waals surface area contributed by atoms with E-state index in [9.17, 15) is 4.79 Å². The van der Waals surface area contributed by atoms with Crippen LogP contribution in [0.25, 0.3) is 0 Å². The molecule has 1 aromatic rings. The van der Waals surface area contributed by atoms with E-state index in [2.05, 4.69) is 27.6 Å². The van der Waals surface area contributed by atoms with Crippen LogP contribution in [0.15, 0.2) is 23.3 Å². The number of hydrogen-bond donors (Lipinski definition) is 0. The Morgan fingerprint density at radius 2 is 2.55 bits per heavy atom. The first-order valence-electron chi connectivity index (χ1n) is 3.01. The Balaban J connectivity index is 3.12. The van der Waals surface area contributed by atoms with Crippen molar-refractivity contribution < 1.29 is 4.79 Å². The minimum absolute atomic E-state index is 0.120. The first-order chi connectivity index (χ1) is 5.15. The summed E-state index contributed by atoms with van der Waals surface area (Å²) >= 11 is 3.16. The smallest absolute Gasteiger partial charge is 0.203 e. The normalized spacial score (nSPS) is 9.64. The van der Waals surface area contributed by atoms with Gasteiger partial charge in [0, 0.05) is 13.1 Å². The van der Waals surface area contributed by atoms with Crippen LogP contribution >= 0.6 is 15.9 Å². The highest BCUT2D eigenvalue weighted by Gasteiger charge is 2.07. The quantitative estimate of drug-likeness (QED) is 0.554. The maximum Gasteiger partial charge on any atom is 0.203 e. The summed E-state index contributed by atoms with van der Waals surface area (Å²) in [6.45, 7) is 3.38. The lowest BCUT2D eigenvalue weighted by Crippen LogP contribution is -2.03. The van der Waals surface area contributed by atoms with E-state index in [1.165, 1.54) is 10.8 Å². The van der Waals surface area contributed by atoms with Crippen LogP contribution in [-0.2, 0) is 7.05 Å². The lowest BCUT2D eigenvalue weighted by molar-refractivity contribution is 0.103. The molecule has 0 spiro atoms. The van der Waals surface area contributed by atoms with E-state index in [1.54, 1.807) is 13.1 Å². The minimum Gasteiger partial charge on any atom is -0.288 e. The van der Waals surface area contributed by atoms with Gasteiger partial charge >= 0.3 is 0 Å². The van der Waals surface area contributed by atoms with Gasteiger partial charge in [-0.05, 0) is 22.0 Å². The molecular formula is C7H7BrN2O. The maximum absolute atomic E-state index is 11.0. The minimum atomic E-state index is -0.120. The van der Waals surface area contributed by atoms with Crippen molar-refractivity contribution in [1.82, 2.24) is 9.78 Å². The van der Waals surface area contributed by atoms with Gasteiger partial charge in [0.2, 0.25) is 5.78 Å². The number of allylic oxidation sites excluding steroid dienone is 1. The molecule has 0 aliphatic rings. The van der Waals surface area contributed by atoms with Crippen LogP contribution in [0.2, 0.25) is 0 Å². The van der Waals surface area contributed by atoms with Crippen molar-refractivity contribution in [1.29, 1.82) is 0 Å². The first-order valence-corrected chi connectivity index (χ1v) is 3.80. The van der Waals surface area contributed by atoms with E-state index in [0.717, 1.165) is 0 Å². The summed E-state index contributed by atoms with van der Waals surface area (Å²) in [7, 11) is 1.71. The fourth-order valence-corrected chi connectivity index (χ4v) is 1.22. The monoisotopic (exact) mass is 214 g/mol. The molecule has 0 aliphatic heterocycles. The SMILES string of the molecule is C=CC(=O)c1cc(Br)nn1C. The molecule has 0 fully saturated rings. The fraction of sp³-hybridized carbons (Fsp3) is 0.143. The van der Waals surface area contributed by atoms with Gasteiger partial charge in [-0.15, -0.1) is 0 Å². The van der Waals surface area contributed by atoms with Crippen molar-refractivity contribution in [3.63, 3.8) is 0 Å². The average Bonchev–Trinajstić information content (AvgIpc) is 2.28. The standard InChI is InChI=1S/C7H7BrN2O/c1-3-6(11)5-4-7(8)9-10(5)2/h3-4H,1H2,2H3. The third kappa shape index (κ3) is 1.57. The predicted octanol–water partition coefficient (Wildman–Crippen LogP) is 1.55. The number of aryl methyl sites for hydroxylation is 1. The molecule has 0 saturated heterocycles. The Morgan fingerprint density at radius 1 is 1.91 bits per heavy atom. The van der Waals surface area contributed by atoms with Crippen LogP contribution in [0.5, 0.6) is 0 Å². The largest absolute Gasteiger partial charge is 0.288 e. The number of hydrogen-bond acceptors (Lipinski definition) is 2. The second-order valence-electron chi connectivity index (χ2n) is 2.04. The molecule has 3 nitrogen and oxygen atoms in total. The van der Waals surface area contributed by atoms with Crippen LogP contribution < -0.4 is 0 Å². The average molecular weight is 215 g/mol. The Bertz CT molecular complexity index is 303. The number of rotatable bonds is 2. The van der Waals surface area contributed by atoms with Gasteiger partial charge in [0.05, 0.1) is 0 Å². The zero-order chi connectivity index (χ0) is 8.43. The van der Waals surface area contributed by atoms with Crippen molar-refractivity contribution in [2.75, 3.05) is 0 Å². The third-order valence-electron chi connectivity index (χ3n) is 1.29. The molecule has 11 heavy (non-hydrogen) atoms. The van der Waals surface area contributed by atoms with E-state index in [-0.39, 0.29) is 5.78 Å². The summed E-state index contributed by atoms with van der Waals surface area (Å²) in [6.07, 6.45) is 1.27. The van der Waals surface area contributed by atoms with Crippen molar-refractivity contribution in [3.8, 4) is 0 Å². The van der Waals surface area contributed by atoms with Gasteiger partial charge in [0.15, 0.2) is 0 Å². The molecule has 1 heterocycles. The molecule has 0 amide bonds. The summed E-state index contributed by atoms with van der Waals surface area (Å²) < 4.78 is 2.17. The van der Waals surface area contributed by atoms with Crippen molar-refractivity contribution >= 4 is 21.7 Å². The van der Waals surface area contributed by atoms with Crippen LogP contribution in [0, 0.1) is 0 Å². The van der Waals surface area contributed by atoms with Crippen molar-refractivity contribution in [2.24, 2.45) is 7.05 Å². The molecule has 1 rings (SSSR count). The topological polar surface area (TPSA) is 34.9 Å². The second-order valence-corrected chi connectivity index (χ2v) is 2.86. The highest BCUT2D eigenvalue weighted by molar-refractivity contribution is 9.10. The van der Waals surface area contributed by atoms with E-state index < -0.39 is 0 Å². The summed E-state index contributed by atoms with van der Waals surface area (Å²) in [5, 5.41) is 3.94. The van der Waals surface area contributed by atoms with Crippen molar-refractivity contribution in [3.05, 3.63) is 29.0 Å². The lowest BCUT2D eigenvalue weighted by Gasteiger charge is -1.93. The highest BCUT2D eigenvalue weighted by Crippen LogP contribution is 2.09. The molecule has 4 heteroatoms. The lowest BCUT2D eigenvalue weighted by atomic mass is 10.3. The summed E-state index contributed by atoms with van der Waals surface area (Å²) in [6, 6.07) is 1.66. The Kier molecular flexibility index (Phi) is 2.24. The fourth-order valence-electron chi connectivity index (χ4n) is 0.767. The number of aromatic nitrogens is 2. The molecule has 0 atom stereocenters. The van der Waals surface area contributed by atoms with Gasteiger partial charge in [-0.25, -0.2) is 0 Å². The number of ketones is 1. The molecule has 0 N–H and O–H groups in total. The molecule has 0 saturated carbocycles. The zero-order valence-electron chi connectivity index (χ0n) is 6.04. The predicted molar refractivity (Wildman–Crippen MR) is 45.4 cm³/mol. The zero-order valence-corrected chi connectivity index (χ0v) is 7.63. The van der Waals surface area contributed by atoms with E-state index in [0.29, 0.717) is 10.3 Å². The van der Waals surface area contributed by atoms with Crippen LogP contribution in [0.4, 0.5) is 0 Å². The second kappa shape index (κ2) is 3.00. The molecule has 0 aromatic carbocycles. The van der Waals surface area contributed by atoms with Gasteiger partial charge in [-0.2, -0.15) is 5.10 Å². The summed E-state index contributed by atoms with van der Waals surface area (Å²) in [5.74, 6) is -0.120. The third-order valence-corrected chi connectivity index (χ3v) is 1.68. The Morgan fingerprint density at radius 3 is 2.91 bits per heavy atom. The Labute approximate surface area is 72.8 Å². The Hall–Kier alpha value is -0.900. The molecule has 1 aromatic heterocycles. The van der Waals surface area contributed by atoms with E-state index >= 15 is 0 Å². The number of carbonyl (C=O) groups is 1. The summed E-state index contributed by atoms with van der Waals surface area (Å²) in [4.78, 5) is 11.0. The molecule has 0 aliphatic carbocycles. The molecule has 0 bridgehead atoms. The molecule has 58 valence electrons. The van der Waals surface area contributed by atoms with E-state index in [4.69, 9.17) is 0 Å². The van der Waals surface area contributed by atoms with E-state index in [1.807, 2.05) is 0 Å². The van der Waals surface area contributed by atoms with Crippen LogP contribution in [0.3, 0.4) is 0 Å². The van der Waals surface area contributed by atoms with Gasteiger partial charge in [-0.3, -0.25) is 9.48 Å². The molecular weight excluding hydrogens is 208 g/mol. The summed E-state index contributed by atoms with van der Waals surface area (Å²) in [5.41, 5.74) is 0.534. The van der Waals surface area contributed by atoms with Gasteiger partial charge in [0.1, 0.15) is 10.3 Å². The molecule has 0 unspecified atom stereocenters. The first kappa shape index (κ1) is 8.20. The highest BCUT2D eigenvalue weighted by atomic mass is 79.9.